The number of benzene rings is 2. The Morgan fingerprint density at radius 2 is 1.50 bits per heavy atom. The maximum atomic E-state index is 13.6. The molecule has 0 bridgehead atoms. The lowest BCUT2D eigenvalue weighted by Crippen LogP contribution is -2.35. The van der Waals surface area contributed by atoms with Crippen LogP contribution in [0.5, 0.6) is 0 Å². The average Bonchev–Trinajstić information content (AvgIpc) is 3.06. The number of carbonyl (C=O) groups excluding carboxylic acids is 1. The molecule has 0 aliphatic carbocycles. The van der Waals surface area contributed by atoms with Gasteiger partial charge in [0.05, 0.1) is 30.9 Å². The molecule has 3 aromatic rings. The molecule has 0 unspecified atom stereocenters. The molecule has 0 atom stereocenters. The largest absolute Gasteiger partial charge is 0.416 e. The molecule has 1 aromatic heterocycles. The Morgan fingerprint density at radius 1 is 0.972 bits per heavy atom. The number of alkyl halides is 6. The molecule has 0 radical (unpaired) electrons. The number of thiophene rings is 1. The second kappa shape index (κ2) is 9.52. The minimum atomic E-state index is -5.08. The summed E-state index contributed by atoms with van der Waals surface area (Å²) >= 11 is 4.29. The van der Waals surface area contributed by atoms with Crippen molar-refractivity contribution < 1.29 is 35.5 Å². The van der Waals surface area contributed by atoms with Gasteiger partial charge in [0.2, 0.25) is 5.91 Å². The van der Waals surface area contributed by atoms with Crippen LogP contribution in [0.25, 0.3) is 10.4 Å². The van der Waals surface area contributed by atoms with Crippen molar-refractivity contribution in [1.29, 1.82) is 5.26 Å². The maximum absolute atomic E-state index is 13.6. The Balaban J connectivity index is 2.13. The number of aryl methyl sites for hydroxylation is 1. The minimum Gasteiger partial charge on any atom is -0.323 e. The van der Waals surface area contributed by atoms with E-state index in [9.17, 15) is 40.8 Å². The summed E-state index contributed by atoms with van der Waals surface area (Å²) in [7, 11) is 0. The number of amides is 1. The van der Waals surface area contributed by atoms with Gasteiger partial charge in [0.1, 0.15) is 17.4 Å². The SMILES string of the molecule is Cc1cc(F)ccc1-c1sc(Br)c(C#N)c1NC(=O)C(C)(C)c1cc(C(F)(F)F)cc(C(F)(F)F)c1. The number of carbonyl (C=O) groups is 1. The Bertz CT molecular complexity index is 1350. The van der Waals surface area contributed by atoms with E-state index in [1.165, 1.54) is 32.0 Å². The van der Waals surface area contributed by atoms with E-state index in [1.54, 1.807) is 6.92 Å². The second-order valence-electron chi connectivity index (χ2n) is 8.40. The molecule has 1 heterocycles. The molecule has 1 N–H and O–H groups in total. The summed E-state index contributed by atoms with van der Waals surface area (Å²) in [6.07, 6.45) is -10.2. The van der Waals surface area contributed by atoms with E-state index in [0.29, 0.717) is 31.9 Å². The van der Waals surface area contributed by atoms with E-state index >= 15 is 0 Å². The molecule has 1 amide bonds. The lowest BCUT2D eigenvalue weighted by atomic mass is 9.81. The van der Waals surface area contributed by atoms with Crippen LogP contribution in [-0.4, -0.2) is 5.91 Å². The van der Waals surface area contributed by atoms with Crippen molar-refractivity contribution in [2.24, 2.45) is 0 Å². The zero-order chi connectivity index (χ0) is 27.2. The van der Waals surface area contributed by atoms with Crippen molar-refractivity contribution in [3.8, 4) is 16.5 Å². The van der Waals surface area contributed by atoms with Gasteiger partial charge in [-0.2, -0.15) is 31.6 Å². The maximum Gasteiger partial charge on any atom is 0.416 e. The summed E-state index contributed by atoms with van der Waals surface area (Å²) in [6.45, 7) is 3.96. The van der Waals surface area contributed by atoms with E-state index < -0.39 is 46.2 Å². The van der Waals surface area contributed by atoms with Crippen LogP contribution in [0.1, 0.15) is 41.7 Å². The van der Waals surface area contributed by atoms with E-state index in [4.69, 9.17) is 0 Å². The Morgan fingerprint density at radius 3 is 1.97 bits per heavy atom. The third-order valence-corrected chi connectivity index (χ3v) is 7.42. The lowest BCUT2D eigenvalue weighted by molar-refractivity contribution is -0.143. The van der Waals surface area contributed by atoms with Gasteiger partial charge < -0.3 is 5.32 Å². The number of nitrogens with one attached hydrogen (secondary N) is 1. The van der Waals surface area contributed by atoms with Crippen LogP contribution in [0.4, 0.5) is 36.4 Å². The first kappa shape index (κ1) is 27.7. The normalized spacial score (nSPS) is 12.4. The fourth-order valence-corrected chi connectivity index (χ4v) is 5.21. The van der Waals surface area contributed by atoms with Crippen LogP contribution < -0.4 is 5.32 Å². The van der Waals surface area contributed by atoms with Crippen molar-refractivity contribution >= 4 is 38.9 Å². The molecule has 12 heteroatoms. The highest BCUT2D eigenvalue weighted by molar-refractivity contribution is 9.11. The van der Waals surface area contributed by atoms with Gasteiger partial charge in [0.25, 0.3) is 0 Å². The highest BCUT2D eigenvalue weighted by Crippen LogP contribution is 2.45. The van der Waals surface area contributed by atoms with Gasteiger partial charge in [-0.3, -0.25) is 4.79 Å². The van der Waals surface area contributed by atoms with E-state index in [1.807, 2.05) is 6.07 Å². The van der Waals surface area contributed by atoms with E-state index in [-0.39, 0.29) is 17.3 Å². The Hall–Kier alpha value is -2.91. The molecule has 0 fully saturated rings. The van der Waals surface area contributed by atoms with E-state index in [0.717, 1.165) is 11.3 Å². The molecule has 0 aliphatic heterocycles. The zero-order valence-electron chi connectivity index (χ0n) is 18.8. The third kappa shape index (κ3) is 5.42. The lowest BCUT2D eigenvalue weighted by Gasteiger charge is -2.26. The highest BCUT2D eigenvalue weighted by Gasteiger charge is 2.40. The molecule has 0 spiro atoms. The number of nitrogens with zero attached hydrogens (tertiary/aromatic N) is 1. The number of anilines is 1. The van der Waals surface area contributed by atoms with Crippen molar-refractivity contribution in [2.75, 3.05) is 5.32 Å². The van der Waals surface area contributed by atoms with Crippen molar-refractivity contribution in [1.82, 2.24) is 0 Å². The smallest absolute Gasteiger partial charge is 0.323 e. The van der Waals surface area contributed by atoms with Gasteiger partial charge in [0.15, 0.2) is 0 Å². The summed E-state index contributed by atoms with van der Waals surface area (Å²) in [5.41, 5.74) is -4.52. The monoisotopic (exact) mass is 592 g/mol. The quantitative estimate of drug-likeness (QED) is 0.309. The molecule has 3 rings (SSSR count). The fourth-order valence-electron chi connectivity index (χ4n) is 3.41. The van der Waals surface area contributed by atoms with Crippen molar-refractivity contribution in [3.05, 3.63) is 73.8 Å². The summed E-state index contributed by atoms with van der Waals surface area (Å²) < 4.78 is 94.0. The Kier molecular flexibility index (Phi) is 7.32. The summed E-state index contributed by atoms with van der Waals surface area (Å²) in [5, 5.41) is 12.1. The summed E-state index contributed by atoms with van der Waals surface area (Å²) in [4.78, 5) is 13.7. The predicted molar refractivity (Wildman–Crippen MR) is 125 cm³/mol. The first-order chi connectivity index (χ1) is 16.5. The second-order valence-corrected chi connectivity index (χ2v) is 10.7. The fraction of sp³-hybridized carbons (Fsp3) is 0.250. The van der Waals surface area contributed by atoms with Crippen LogP contribution in [0, 0.1) is 24.1 Å². The first-order valence-electron chi connectivity index (χ1n) is 10.1. The van der Waals surface area contributed by atoms with Gasteiger partial charge in [-0.05, 0) is 83.7 Å². The summed E-state index contributed by atoms with van der Waals surface area (Å²) in [6, 6.07) is 6.75. The van der Waals surface area contributed by atoms with Crippen LogP contribution >= 0.6 is 27.3 Å². The summed E-state index contributed by atoms with van der Waals surface area (Å²) in [5.74, 6) is -1.46. The predicted octanol–water partition coefficient (Wildman–Crippen LogP) is 8.45. The molecular weight excluding hydrogens is 577 g/mol. The van der Waals surface area contributed by atoms with Crippen LogP contribution in [0.3, 0.4) is 0 Å². The number of hydrogen-bond acceptors (Lipinski definition) is 3. The van der Waals surface area contributed by atoms with Crippen LogP contribution in [0.2, 0.25) is 0 Å². The standard InChI is InChI=1S/C24H16BrF7N2OS/c1-11-6-15(26)4-5-16(11)19-18(17(10-33)20(25)36-19)34-21(35)22(2,3)12-7-13(23(27,28)29)9-14(8-12)24(30,31)32/h4-9H,1-3H3,(H,34,35). The third-order valence-electron chi connectivity index (χ3n) is 5.53. The number of rotatable bonds is 4. The van der Waals surface area contributed by atoms with Crippen molar-refractivity contribution in [3.63, 3.8) is 0 Å². The van der Waals surface area contributed by atoms with Gasteiger partial charge >= 0.3 is 12.4 Å². The minimum absolute atomic E-state index is 0.00268. The van der Waals surface area contributed by atoms with Gasteiger partial charge in [-0.25, -0.2) is 4.39 Å². The molecule has 3 nitrogen and oxygen atoms in total. The molecule has 0 saturated carbocycles. The van der Waals surface area contributed by atoms with Gasteiger partial charge in [-0.1, -0.05) is 6.07 Å². The molecule has 0 aliphatic rings. The number of hydrogen-bond donors (Lipinski definition) is 1. The number of halogens is 8. The topological polar surface area (TPSA) is 52.9 Å². The Labute approximate surface area is 213 Å². The molecular formula is C24H16BrF7N2OS. The van der Waals surface area contributed by atoms with Gasteiger partial charge in [0, 0.05) is 0 Å². The molecule has 36 heavy (non-hydrogen) atoms. The molecule has 190 valence electrons. The highest BCUT2D eigenvalue weighted by atomic mass is 79.9. The van der Waals surface area contributed by atoms with E-state index in [2.05, 4.69) is 21.2 Å². The first-order valence-corrected chi connectivity index (χ1v) is 11.7. The molecule has 0 saturated heterocycles. The van der Waals surface area contributed by atoms with Gasteiger partial charge in [-0.15, -0.1) is 11.3 Å². The van der Waals surface area contributed by atoms with Crippen LogP contribution in [0.15, 0.2) is 40.2 Å². The molecule has 2 aromatic carbocycles. The number of nitriles is 1. The van der Waals surface area contributed by atoms with Crippen molar-refractivity contribution in [2.45, 2.75) is 38.5 Å². The zero-order valence-corrected chi connectivity index (χ0v) is 21.2. The van der Waals surface area contributed by atoms with Crippen LogP contribution in [-0.2, 0) is 22.6 Å². The average molecular weight is 593 g/mol.